The smallest absolute Gasteiger partial charge is 0.306 e. The van der Waals surface area contributed by atoms with E-state index in [0.717, 1.165) is 5.56 Å². The highest BCUT2D eigenvalue weighted by Crippen LogP contribution is 2.30. The van der Waals surface area contributed by atoms with E-state index in [4.69, 9.17) is 14.2 Å². The number of esters is 1. The lowest BCUT2D eigenvalue weighted by Crippen LogP contribution is -2.17. The fourth-order valence-electron chi connectivity index (χ4n) is 2.42. The molecule has 0 atom stereocenters. The van der Waals surface area contributed by atoms with Gasteiger partial charge in [0.15, 0.2) is 23.9 Å². The quantitative estimate of drug-likeness (QED) is 0.596. The van der Waals surface area contributed by atoms with Crippen LogP contribution >= 0.6 is 0 Å². The van der Waals surface area contributed by atoms with Gasteiger partial charge in [0.1, 0.15) is 19.0 Å². The van der Waals surface area contributed by atoms with E-state index in [1.54, 1.807) is 30.3 Å². The van der Waals surface area contributed by atoms with Crippen molar-refractivity contribution in [3.8, 4) is 11.5 Å². The molecule has 0 aromatic heterocycles. The highest BCUT2D eigenvalue weighted by Gasteiger charge is 2.16. The van der Waals surface area contributed by atoms with E-state index in [2.05, 4.69) is 0 Å². The number of halogens is 1. The third kappa shape index (κ3) is 4.56. The molecule has 6 heteroatoms. The number of ether oxygens (including phenoxy) is 3. The minimum atomic E-state index is -0.477. The number of ketones is 1. The van der Waals surface area contributed by atoms with Crippen LogP contribution in [-0.2, 0) is 16.0 Å². The number of carbonyl (C=O) groups is 2. The van der Waals surface area contributed by atoms with Crippen LogP contribution in [0.15, 0.2) is 42.5 Å². The first-order valence-corrected chi connectivity index (χ1v) is 7.95. The minimum absolute atomic E-state index is 0.125. The van der Waals surface area contributed by atoms with Crippen molar-refractivity contribution in [1.29, 1.82) is 0 Å². The highest BCUT2D eigenvalue weighted by molar-refractivity contribution is 5.98. The molecule has 0 radical (unpaired) electrons. The molecule has 0 saturated heterocycles. The zero-order valence-electron chi connectivity index (χ0n) is 13.5. The number of aryl methyl sites for hydroxylation is 1. The fourth-order valence-corrected chi connectivity index (χ4v) is 2.42. The van der Waals surface area contributed by atoms with Crippen molar-refractivity contribution in [2.24, 2.45) is 0 Å². The molecule has 1 aliphatic rings. The van der Waals surface area contributed by atoms with Crippen molar-refractivity contribution >= 4 is 11.8 Å². The summed E-state index contributed by atoms with van der Waals surface area (Å²) in [7, 11) is 0. The second-order valence-corrected chi connectivity index (χ2v) is 5.57. The molecule has 2 aromatic rings. The summed E-state index contributed by atoms with van der Waals surface area (Å²) in [4.78, 5) is 23.9. The molecule has 0 amide bonds. The van der Waals surface area contributed by atoms with Crippen molar-refractivity contribution < 1.29 is 28.2 Å². The van der Waals surface area contributed by atoms with Gasteiger partial charge in [-0.2, -0.15) is 0 Å². The van der Waals surface area contributed by atoms with Crippen LogP contribution in [0.25, 0.3) is 0 Å². The van der Waals surface area contributed by atoms with Crippen LogP contribution in [0.4, 0.5) is 4.39 Å². The molecular formula is C19H17FO5. The van der Waals surface area contributed by atoms with Crippen molar-refractivity contribution in [2.45, 2.75) is 12.8 Å². The molecule has 1 aliphatic heterocycles. The molecule has 0 N–H and O–H groups in total. The van der Waals surface area contributed by atoms with E-state index in [1.165, 1.54) is 12.1 Å². The van der Waals surface area contributed by atoms with Crippen molar-refractivity contribution in [2.75, 3.05) is 19.8 Å². The van der Waals surface area contributed by atoms with Gasteiger partial charge in [-0.3, -0.25) is 9.59 Å². The summed E-state index contributed by atoms with van der Waals surface area (Å²) in [5.74, 6) is -0.00231. The molecule has 0 fully saturated rings. The summed E-state index contributed by atoms with van der Waals surface area (Å²) < 4.78 is 28.6. The van der Waals surface area contributed by atoms with E-state index in [9.17, 15) is 14.0 Å². The number of hydrogen-bond donors (Lipinski definition) is 0. The maximum Gasteiger partial charge on any atom is 0.306 e. The Labute approximate surface area is 144 Å². The predicted octanol–water partition coefficient (Wildman–Crippen LogP) is 2.96. The second kappa shape index (κ2) is 7.79. The van der Waals surface area contributed by atoms with Crippen LogP contribution in [0.3, 0.4) is 0 Å². The van der Waals surface area contributed by atoms with Gasteiger partial charge in [-0.1, -0.05) is 12.1 Å². The average Bonchev–Trinajstić information content (AvgIpc) is 2.65. The lowest BCUT2D eigenvalue weighted by molar-refractivity contribution is -0.142. The normalized spacial score (nSPS) is 12.5. The molecule has 3 rings (SSSR count). The maximum atomic E-state index is 12.8. The molecule has 0 saturated carbocycles. The first-order valence-electron chi connectivity index (χ1n) is 7.95. The maximum absolute atomic E-state index is 12.8. The van der Waals surface area contributed by atoms with Gasteiger partial charge in [0.05, 0.1) is 0 Å². The van der Waals surface area contributed by atoms with E-state index >= 15 is 0 Å². The van der Waals surface area contributed by atoms with Crippen molar-refractivity contribution in [3.05, 3.63) is 59.4 Å². The molecule has 0 bridgehead atoms. The van der Waals surface area contributed by atoms with Crippen molar-refractivity contribution in [3.63, 3.8) is 0 Å². The summed E-state index contributed by atoms with van der Waals surface area (Å²) in [6, 6.07) is 10.8. The molecule has 130 valence electrons. The van der Waals surface area contributed by atoms with Gasteiger partial charge < -0.3 is 14.2 Å². The van der Waals surface area contributed by atoms with E-state index in [1.807, 2.05) is 0 Å². The van der Waals surface area contributed by atoms with Crippen LogP contribution in [0.2, 0.25) is 0 Å². The Morgan fingerprint density at radius 2 is 1.72 bits per heavy atom. The fraction of sp³-hybridized carbons (Fsp3) is 0.263. The molecule has 2 aromatic carbocycles. The average molecular weight is 344 g/mol. The van der Waals surface area contributed by atoms with E-state index in [-0.39, 0.29) is 24.6 Å². The summed E-state index contributed by atoms with van der Waals surface area (Å²) in [5.41, 5.74) is 1.23. The minimum Gasteiger partial charge on any atom is -0.486 e. The Morgan fingerprint density at radius 1 is 1.00 bits per heavy atom. The topological polar surface area (TPSA) is 61.8 Å². The van der Waals surface area contributed by atoms with Gasteiger partial charge in [-0.25, -0.2) is 4.39 Å². The van der Waals surface area contributed by atoms with Crippen LogP contribution in [0, 0.1) is 5.82 Å². The van der Waals surface area contributed by atoms with Crippen LogP contribution in [-0.4, -0.2) is 31.6 Å². The summed E-state index contributed by atoms with van der Waals surface area (Å²) in [6.45, 7) is 0.580. The molecule has 25 heavy (non-hydrogen) atoms. The number of hydrogen-bond acceptors (Lipinski definition) is 5. The van der Waals surface area contributed by atoms with Gasteiger partial charge in [-0.15, -0.1) is 0 Å². The Morgan fingerprint density at radius 3 is 2.48 bits per heavy atom. The number of Topliss-reactive ketones (excluding diaryl/α,β-unsaturated/α-hetero) is 1. The summed E-state index contributed by atoms with van der Waals surface area (Å²) in [5, 5.41) is 0. The Balaban J connectivity index is 1.48. The Bertz CT molecular complexity index is 770. The number of benzene rings is 2. The number of rotatable bonds is 6. The van der Waals surface area contributed by atoms with Gasteiger partial charge in [0.25, 0.3) is 0 Å². The lowest BCUT2D eigenvalue weighted by atomic mass is 10.1. The van der Waals surface area contributed by atoms with Gasteiger partial charge in [-0.05, 0) is 42.3 Å². The third-order valence-electron chi connectivity index (χ3n) is 3.76. The van der Waals surface area contributed by atoms with Crippen molar-refractivity contribution in [1.82, 2.24) is 0 Å². The zero-order valence-corrected chi connectivity index (χ0v) is 13.5. The summed E-state index contributed by atoms with van der Waals surface area (Å²) >= 11 is 0. The third-order valence-corrected chi connectivity index (χ3v) is 3.76. The second-order valence-electron chi connectivity index (χ2n) is 5.57. The van der Waals surface area contributed by atoms with Crippen LogP contribution < -0.4 is 9.47 Å². The first kappa shape index (κ1) is 17.0. The monoisotopic (exact) mass is 344 g/mol. The summed E-state index contributed by atoms with van der Waals surface area (Å²) in [6.07, 6.45) is 0.553. The molecule has 0 unspecified atom stereocenters. The van der Waals surface area contributed by atoms with Crippen LogP contribution in [0.5, 0.6) is 11.5 Å². The molecular weight excluding hydrogens is 327 g/mol. The lowest BCUT2D eigenvalue weighted by Gasteiger charge is -2.18. The number of carbonyl (C=O) groups excluding carboxylic acids is 2. The number of fused-ring (bicyclic) bond motifs is 1. The molecule has 0 aliphatic carbocycles. The zero-order chi connectivity index (χ0) is 17.6. The van der Waals surface area contributed by atoms with E-state index in [0.29, 0.717) is 36.7 Å². The Hall–Kier alpha value is -2.89. The van der Waals surface area contributed by atoms with E-state index < -0.39 is 5.97 Å². The Kier molecular flexibility index (Phi) is 5.28. The standard InChI is InChI=1S/C19H17FO5/c20-15-5-1-13(2-6-15)3-8-19(22)25-12-16(21)14-4-7-17-18(11-14)24-10-9-23-17/h1-2,4-7,11H,3,8-10,12H2. The van der Waals surface area contributed by atoms with Gasteiger partial charge in [0.2, 0.25) is 0 Å². The molecule has 5 nitrogen and oxygen atoms in total. The van der Waals surface area contributed by atoms with Crippen LogP contribution in [0.1, 0.15) is 22.3 Å². The molecule has 1 heterocycles. The predicted molar refractivity (Wildman–Crippen MR) is 87.4 cm³/mol. The van der Waals surface area contributed by atoms with Gasteiger partial charge in [0, 0.05) is 12.0 Å². The molecule has 0 spiro atoms. The van der Waals surface area contributed by atoms with Gasteiger partial charge >= 0.3 is 5.97 Å². The highest BCUT2D eigenvalue weighted by atomic mass is 19.1. The first-order chi connectivity index (χ1) is 12.1. The SMILES string of the molecule is O=C(CCc1ccc(F)cc1)OCC(=O)c1ccc2c(c1)OCCO2. The largest absolute Gasteiger partial charge is 0.486 e.